The minimum atomic E-state index is -0.948. The van der Waals surface area contributed by atoms with Gasteiger partial charge in [0.05, 0.1) is 17.4 Å². The predicted molar refractivity (Wildman–Crippen MR) is 86.3 cm³/mol. The van der Waals surface area contributed by atoms with Gasteiger partial charge < -0.3 is 16.2 Å². The first-order valence-corrected chi connectivity index (χ1v) is 8.24. The van der Waals surface area contributed by atoms with Gasteiger partial charge in [-0.25, -0.2) is 0 Å². The van der Waals surface area contributed by atoms with Crippen molar-refractivity contribution >= 4 is 34.1 Å². The number of carbonyl (C=O) groups excluding carboxylic acids is 2. The lowest BCUT2D eigenvalue weighted by Gasteiger charge is -2.23. The number of fused-ring (bicyclic) bond motifs is 2. The van der Waals surface area contributed by atoms with Crippen molar-refractivity contribution in [1.29, 1.82) is 0 Å². The second-order valence-corrected chi connectivity index (χ2v) is 7.40. The molecule has 0 unspecified atom stereocenters. The summed E-state index contributed by atoms with van der Waals surface area (Å²) in [4.78, 5) is 36.7. The van der Waals surface area contributed by atoms with E-state index in [1.54, 1.807) is 6.92 Å². The van der Waals surface area contributed by atoms with Crippen LogP contribution < -0.4 is 11.1 Å². The van der Waals surface area contributed by atoms with Gasteiger partial charge in [0.25, 0.3) is 5.91 Å². The minimum absolute atomic E-state index is 0.0553. The summed E-state index contributed by atoms with van der Waals surface area (Å²) in [5.74, 6) is -3.34. The molecule has 1 saturated carbocycles. The van der Waals surface area contributed by atoms with Gasteiger partial charge in [-0.1, -0.05) is 12.2 Å². The molecule has 4 atom stereocenters. The fourth-order valence-corrected chi connectivity index (χ4v) is 4.79. The van der Waals surface area contributed by atoms with E-state index in [0.29, 0.717) is 17.0 Å². The van der Waals surface area contributed by atoms with E-state index in [1.807, 2.05) is 19.1 Å². The Morgan fingerprint density at radius 2 is 1.83 bits per heavy atom. The average molecular weight is 334 g/mol. The SMILES string of the molecule is Cc1sc(NC(=O)[C@@H]2[C@@H](C(=O)O)[C@H]3C=C[C@H]2C3)c(C(N)=O)c1C. The Kier molecular flexibility index (Phi) is 3.75. The van der Waals surface area contributed by atoms with Crippen LogP contribution in [0.2, 0.25) is 0 Å². The van der Waals surface area contributed by atoms with Crippen molar-refractivity contribution in [2.75, 3.05) is 5.32 Å². The zero-order chi connectivity index (χ0) is 16.9. The molecule has 0 radical (unpaired) electrons. The van der Waals surface area contributed by atoms with Crippen molar-refractivity contribution < 1.29 is 19.5 Å². The van der Waals surface area contributed by atoms with E-state index in [1.165, 1.54) is 11.3 Å². The van der Waals surface area contributed by atoms with E-state index in [4.69, 9.17) is 5.73 Å². The van der Waals surface area contributed by atoms with Crippen LogP contribution in [0.1, 0.15) is 27.2 Å². The highest BCUT2D eigenvalue weighted by molar-refractivity contribution is 7.16. The van der Waals surface area contributed by atoms with Crippen LogP contribution >= 0.6 is 11.3 Å². The van der Waals surface area contributed by atoms with E-state index in [9.17, 15) is 19.5 Å². The number of hydrogen-bond donors (Lipinski definition) is 3. The van der Waals surface area contributed by atoms with Crippen LogP contribution in [0.25, 0.3) is 0 Å². The molecule has 0 spiro atoms. The molecule has 2 amide bonds. The minimum Gasteiger partial charge on any atom is -0.481 e. The molecule has 0 aromatic carbocycles. The summed E-state index contributed by atoms with van der Waals surface area (Å²) < 4.78 is 0. The lowest BCUT2D eigenvalue weighted by atomic mass is 9.82. The number of rotatable bonds is 4. The number of nitrogens with two attached hydrogens (primary N) is 1. The third-order valence-electron chi connectivity index (χ3n) is 4.92. The molecule has 23 heavy (non-hydrogen) atoms. The Hall–Kier alpha value is -2.15. The summed E-state index contributed by atoms with van der Waals surface area (Å²) in [6.07, 6.45) is 4.51. The summed E-state index contributed by atoms with van der Waals surface area (Å²) in [6, 6.07) is 0. The van der Waals surface area contributed by atoms with E-state index in [-0.39, 0.29) is 17.7 Å². The topological polar surface area (TPSA) is 109 Å². The quantitative estimate of drug-likeness (QED) is 0.731. The number of allylic oxidation sites excluding steroid dienone is 2. The van der Waals surface area contributed by atoms with E-state index < -0.39 is 23.7 Å². The van der Waals surface area contributed by atoms with Crippen LogP contribution in [-0.4, -0.2) is 22.9 Å². The van der Waals surface area contributed by atoms with Crippen LogP contribution in [0, 0.1) is 37.5 Å². The van der Waals surface area contributed by atoms with Crippen LogP contribution in [0.5, 0.6) is 0 Å². The van der Waals surface area contributed by atoms with Gasteiger partial charge in [0.1, 0.15) is 5.00 Å². The summed E-state index contributed by atoms with van der Waals surface area (Å²) in [5, 5.41) is 12.6. The summed E-state index contributed by atoms with van der Waals surface area (Å²) in [7, 11) is 0. The molecule has 3 rings (SSSR count). The standard InChI is InChI=1S/C16H18N2O4S/c1-6-7(2)23-15(10(6)13(17)19)18-14(20)11-8-3-4-9(5-8)12(11)16(21)22/h3-4,8-9,11-12H,5H2,1-2H3,(H2,17,19)(H,18,20)(H,21,22)/t8-,9-,11-,12-/m0/s1. The molecule has 0 saturated heterocycles. The lowest BCUT2D eigenvalue weighted by Crippen LogP contribution is -2.36. The highest BCUT2D eigenvalue weighted by Gasteiger charge is 2.51. The van der Waals surface area contributed by atoms with Crippen molar-refractivity contribution in [3.05, 3.63) is 28.2 Å². The lowest BCUT2D eigenvalue weighted by molar-refractivity contribution is -0.146. The van der Waals surface area contributed by atoms with Crippen LogP contribution in [0.15, 0.2) is 12.2 Å². The monoisotopic (exact) mass is 334 g/mol. The van der Waals surface area contributed by atoms with Crippen molar-refractivity contribution in [3.8, 4) is 0 Å². The summed E-state index contributed by atoms with van der Waals surface area (Å²) in [6.45, 7) is 3.63. The van der Waals surface area contributed by atoms with Gasteiger partial charge in [0, 0.05) is 4.88 Å². The van der Waals surface area contributed by atoms with Gasteiger partial charge in [-0.05, 0) is 37.7 Å². The summed E-state index contributed by atoms with van der Waals surface area (Å²) >= 11 is 1.29. The average Bonchev–Trinajstić information content (AvgIpc) is 3.12. The van der Waals surface area contributed by atoms with Gasteiger partial charge in [0.2, 0.25) is 5.91 Å². The molecule has 1 heterocycles. The second-order valence-electron chi connectivity index (χ2n) is 6.18. The van der Waals surface area contributed by atoms with E-state index >= 15 is 0 Å². The molecule has 4 N–H and O–H groups in total. The number of anilines is 1. The van der Waals surface area contributed by atoms with Gasteiger partial charge >= 0.3 is 5.97 Å². The van der Waals surface area contributed by atoms with Crippen LogP contribution in [-0.2, 0) is 9.59 Å². The third-order valence-corrected chi connectivity index (χ3v) is 6.04. The molecular formula is C16H18N2O4S. The Morgan fingerprint density at radius 3 is 2.39 bits per heavy atom. The van der Waals surface area contributed by atoms with E-state index in [2.05, 4.69) is 5.32 Å². The van der Waals surface area contributed by atoms with Crippen molar-refractivity contribution in [2.45, 2.75) is 20.3 Å². The number of carbonyl (C=O) groups is 3. The number of hydrogen-bond acceptors (Lipinski definition) is 4. The highest BCUT2D eigenvalue weighted by atomic mass is 32.1. The molecule has 1 fully saturated rings. The highest BCUT2D eigenvalue weighted by Crippen LogP contribution is 2.48. The Labute approximate surface area is 137 Å². The second kappa shape index (κ2) is 5.49. The molecule has 1 aromatic heterocycles. The van der Waals surface area contributed by atoms with Crippen LogP contribution in [0.3, 0.4) is 0 Å². The van der Waals surface area contributed by atoms with Crippen LogP contribution in [0.4, 0.5) is 5.00 Å². The third kappa shape index (κ3) is 2.45. The number of aryl methyl sites for hydroxylation is 1. The maximum atomic E-state index is 12.7. The zero-order valence-electron chi connectivity index (χ0n) is 12.8. The first-order valence-electron chi connectivity index (χ1n) is 7.43. The molecule has 1 aromatic rings. The Morgan fingerprint density at radius 1 is 1.22 bits per heavy atom. The molecule has 2 aliphatic carbocycles. The number of amides is 2. The molecule has 122 valence electrons. The smallest absolute Gasteiger partial charge is 0.307 e. The van der Waals surface area contributed by atoms with Gasteiger partial charge in [-0.15, -0.1) is 11.3 Å². The van der Waals surface area contributed by atoms with Gasteiger partial charge in [0.15, 0.2) is 0 Å². The Balaban J connectivity index is 1.88. The van der Waals surface area contributed by atoms with Crippen molar-refractivity contribution in [3.63, 3.8) is 0 Å². The molecule has 2 aliphatic rings. The number of aliphatic carboxylic acids is 1. The van der Waals surface area contributed by atoms with Gasteiger partial charge in [-0.3, -0.25) is 14.4 Å². The maximum absolute atomic E-state index is 12.7. The number of carboxylic acids is 1. The van der Waals surface area contributed by atoms with Crippen molar-refractivity contribution in [2.24, 2.45) is 29.4 Å². The molecule has 7 heteroatoms. The number of thiophene rings is 1. The fourth-order valence-electron chi connectivity index (χ4n) is 3.72. The molecule has 6 nitrogen and oxygen atoms in total. The molecule has 0 aliphatic heterocycles. The molecule has 2 bridgehead atoms. The first-order chi connectivity index (χ1) is 10.8. The normalized spacial score (nSPS) is 28.1. The predicted octanol–water partition coefficient (Wildman–Crippen LogP) is 1.93. The zero-order valence-corrected chi connectivity index (χ0v) is 13.6. The van der Waals surface area contributed by atoms with E-state index in [0.717, 1.165) is 10.4 Å². The number of primary amides is 1. The number of nitrogens with one attached hydrogen (secondary N) is 1. The fraction of sp³-hybridized carbons (Fsp3) is 0.438. The van der Waals surface area contributed by atoms with Crippen molar-refractivity contribution in [1.82, 2.24) is 0 Å². The number of carboxylic acid groups (broad SMARTS) is 1. The largest absolute Gasteiger partial charge is 0.481 e. The first kappa shape index (κ1) is 15.7. The maximum Gasteiger partial charge on any atom is 0.307 e. The van der Waals surface area contributed by atoms with Gasteiger partial charge in [-0.2, -0.15) is 0 Å². The molecular weight excluding hydrogens is 316 g/mol. The summed E-state index contributed by atoms with van der Waals surface area (Å²) in [5.41, 5.74) is 6.47. The Bertz CT molecular complexity index is 737.